The van der Waals surface area contributed by atoms with Gasteiger partial charge in [0.1, 0.15) is 5.60 Å². The number of piperazine rings is 1. The van der Waals surface area contributed by atoms with Crippen molar-refractivity contribution in [3.05, 3.63) is 41.4 Å². The van der Waals surface area contributed by atoms with Gasteiger partial charge in [0.25, 0.3) is 0 Å². The molecule has 0 unspecified atom stereocenters. The number of amides is 2. The highest BCUT2D eigenvalue weighted by Crippen LogP contribution is 2.26. The van der Waals surface area contributed by atoms with Gasteiger partial charge >= 0.3 is 6.09 Å². The summed E-state index contributed by atoms with van der Waals surface area (Å²) in [7, 11) is -3.78. The van der Waals surface area contributed by atoms with Crippen LogP contribution < -0.4 is 0 Å². The molecule has 4 rings (SSSR count). The van der Waals surface area contributed by atoms with Gasteiger partial charge in [0.15, 0.2) is 0 Å². The van der Waals surface area contributed by atoms with Crippen LogP contribution in [0.25, 0.3) is 10.8 Å². The fraction of sp³-hybridized carbons (Fsp3) is 0.538. The second-order valence-corrected chi connectivity index (χ2v) is 12.9. The van der Waals surface area contributed by atoms with Crippen molar-refractivity contribution >= 4 is 44.4 Å². The van der Waals surface area contributed by atoms with Gasteiger partial charge in [0, 0.05) is 37.7 Å². The number of carbonyl (C=O) groups excluding carboxylic acids is 2. The number of benzene rings is 2. The second-order valence-electron chi connectivity index (χ2n) is 10.6. The van der Waals surface area contributed by atoms with E-state index in [1.165, 1.54) is 4.31 Å². The Labute approximate surface area is 218 Å². The lowest BCUT2D eigenvalue weighted by atomic mass is 9.93. The molecule has 2 aromatic carbocycles. The predicted octanol–water partition coefficient (Wildman–Crippen LogP) is 4.36. The summed E-state index contributed by atoms with van der Waals surface area (Å²) in [5.41, 5.74) is -0.507. The van der Waals surface area contributed by atoms with Crippen LogP contribution in [-0.4, -0.2) is 79.4 Å². The first-order chi connectivity index (χ1) is 16.9. The first kappa shape index (κ1) is 26.7. The van der Waals surface area contributed by atoms with E-state index in [-0.39, 0.29) is 30.0 Å². The molecule has 0 atom stereocenters. The number of piperidine rings is 1. The average molecular weight is 536 g/mol. The average Bonchev–Trinajstić information content (AvgIpc) is 2.82. The van der Waals surface area contributed by atoms with Crippen molar-refractivity contribution in [1.29, 1.82) is 0 Å². The Bertz CT molecular complexity index is 1240. The molecule has 36 heavy (non-hydrogen) atoms. The van der Waals surface area contributed by atoms with E-state index in [9.17, 15) is 18.0 Å². The minimum Gasteiger partial charge on any atom is -0.444 e. The third-order valence-corrected chi connectivity index (χ3v) is 8.84. The molecule has 2 aromatic rings. The number of nitrogens with zero attached hydrogens (tertiary/aromatic N) is 3. The molecule has 2 saturated heterocycles. The van der Waals surface area contributed by atoms with Gasteiger partial charge in [-0.1, -0.05) is 23.7 Å². The van der Waals surface area contributed by atoms with Crippen LogP contribution in [0.2, 0.25) is 5.02 Å². The number of hydrogen-bond donors (Lipinski definition) is 0. The smallest absolute Gasteiger partial charge is 0.410 e. The van der Waals surface area contributed by atoms with Crippen molar-refractivity contribution in [3.63, 3.8) is 0 Å². The topological polar surface area (TPSA) is 87.2 Å². The third-order valence-electron chi connectivity index (χ3n) is 6.77. The molecule has 0 aromatic heterocycles. The number of hydrogen-bond acceptors (Lipinski definition) is 5. The largest absolute Gasteiger partial charge is 0.444 e. The van der Waals surface area contributed by atoms with Gasteiger partial charge in [0.2, 0.25) is 15.9 Å². The third kappa shape index (κ3) is 6.30. The maximum atomic E-state index is 13.2. The van der Waals surface area contributed by atoms with E-state index in [1.54, 1.807) is 46.2 Å². The number of rotatable bonds is 5. The van der Waals surface area contributed by atoms with E-state index >= 15 is 0 Å². The van der Waals surface area contributed by atoms with Crippen molar-refractivity contribution in [2.45, 2.75) is 50.5 Å². The fourth-order valence-corrected chi connectivity index (χ4v) is 6.30. The Hall–Kier alpha value is -2.36. The number of fused-ring (bicyclic) bond motifs is 1. The lowest BCUT2D eigenvalue weighted by Crippen LogP contribution is -2.52. The molecule has 0 radical (unpaired) electrons. The molecule has 2 fully saturated rings. The molecule has 8 nitrogen and oxygen atoms in total. The minimum absolute atomic E-state index is 0.155. The molecule has 2 amide bonds. The molecule has 0 spiro atoms. The number of ether oxygens (including phenoxy) is 1. The first-order valence-electron chi connectivity index (χ1n) is 12.4. The molecular weight excluding hydrogens is 502 g/mol. The SMILES string of the molecule is CC(C)(C)OC(=O)N1CCC(CCN2CCN(S(=O)(=O)c3ccc4cc(Cl)ccc4c3)CC2=O)CC1. The summed E-state index contributed by atoms with van der Waals surface area (Å²) < 4.78 is 33.1. The van der Waals surface area contributed by atoms with E-state index in [1.807, 2.05) is 20.8 Å². The molecule has 2 aliphatic heterocycles. The molecule has 10 heteroatoms. The Balaban J connectivity index is 1.28. The molecule has 0 bridgehead atoms. The van der Waals surface area contributed by atoms with Crippen molar-refractivity contribution in [2.24, 2.45) is 5.92 Å². The molecule has 2 aliphatic rings. The van der Waals surface area contributed by atoms with E-state index in [0.29, 0.717) is 37.1 Å². The zero-order valence-corrected chi connectivity index (χ0v) is 22.6. The maximum Gasteiger partial charge on any atom is 0.410 e. The van der Waals surface area contributed by atoms with Gasteiger partial charge in [-0.15, -0.1) is 0 Å². The van der Waals surface area contributed by atoms with Crippen molar-refractivity contribution in [3.8, 4) is 0 Å². The zero-order chi connectivity index (χ0) is 26.1. The normalized spacial score (nSPS) is 18.6. The van der Waals surface area contributed by atoms with Crippen LogP contribution in [0.15, 0.2) is 41.3 Å². The lowest BCUT2D eigenvalue weighted by molar-refractivity contribution is -0.134. The van der Waals surface area contributed by atoms with Crippen LogP contribution in [0.4, 0.5) is 4.79 Å². The van der Waals surface area contributed by atoms with Crippen molar-refractivity contribution < 1.29 is 22.7 Å². The van der Waals surface area contributed by atoms with Gasteiger partial charge < -0.3 is 14.5 Å². The maximum absolute atomic E-state index is 13.2. The highest BCUT2D eigenvalue weighted by molar-refractivity contribution is 7.89. The van der Waals surface area contributed by atoms with Gasteiger partial charge in [-0.3, -0.25) is 4.79 Å². The Morgan fingerprint density at radius 2 is 1.69 bits per heavy atom. The van der Waals surface area contributed by atoms with Gasteiger partial charge in [-0.05, 0) is 81.0 Å². The number of carbonyl (C=O) groups is 2. The summed E-state index contributed by atoms with van der Waals surface area (Å²) in [6.07, 6.45) is 2.31. The standard InChI is InChI=1S/C26H34ClN3O5S/c1-26(2,3)35-25(32)29-12-9-19(10-13-29)8-11-28-14-15-30(18-24(28)31)36(33,34)23-7-5-20-16-22(27)6-4-21(20)17-23/h4-7,16-17,19H,8-15,18H2,1-3H3. The summed E-state index contributed by atoms with van der Waals surface area (Å²) in [6, 6.07) is 10.2. The molecule has 0 aliphatic carbocycles. The highest BCUT2D eigenvalue weighted by atomic mass is 35.5. The fourth-order valence-electron chi connectivity index (χ4n) is 4.70. The molecule has 196 valence electrons. The summed E-state index contributed by atoms with van der Waals surface area (Å²) in [6.45, 7) is 7.96. The molecule has 0 saturated carbocycles. The minimum atomic E-state index is -3.78. The summed E-state index contributed by atoms with van der Waals surface area (Å²) in [5.74, 6) is 0.243. The lowest BCUT2D eigenvalue weighted by Gasteiger charge is -2.36. The van der Waals surface area contributed by atoms with Gasteiger partial charge in [-0.2, -0.15) is 4.31 Å². The zero-order valence-electron chi connectivity index (χ0n) is 21.1. The van der Waals surface area contributed by atoms with E-state index in [4.69, 9.17) is 16.3 Å². The number of sulfonamides is 1. The van der Waals surface area contributed by atoms with Crippen LogP contribution in [0.5, 0.6) is 0 Å². The van der Waals surface area contributed by atoms with Gasteiger partial charge in [0.05, 0.1) is 11.4 Å². The molecule has 2 heterocycles. The summed E-state index contributed by atoms with van der Waals surface area (Å²) >= 11 is 6.03. The van der Waals surface area contributed by atoms with Gasteiger partial charge in [-0.25, -0.2) is 13.2 Å². The Morgan fingerprint density at radius 3 is 2.36 bits per heavy atom. The molecular formula is C26H34ClN3O5S. The summed E-state index contributed by atoms with van der Waals surface area (Å²) in [5, 5.41) is 2.23. The second kappa shape index (κ2) is 10.6. The van der Waals surface area contributed by atoms with E-state index < -0.39 is 15.6 Å². The molecule has 0 N–H and O–H groups in total. The first-order valence-corrected chi connectivity index (χ1v) is 14.2. The van der Waals surface area contributed by atoms with E-state index in [0.717, 1.165) is 30.0 Å². The van der Waals surface area contributed by atoms with Crippen LogP contribution >= 0.6 is 11.6 Å². The number of likely N-dealkylation sites (tertiary alicyclic amines) is 1. The van der Waals surface area contributed by atoms with Crippen LogP contribution in [-0.2, 0) is 19.6 Å². The Kier molecular flexibility index (Phi) is 7.83. The van der Waals surface area contributed by atoms with Crippen LogP contribution in [0, 0.1) is 5.92 Å². The quantitative estimate of drug-likeness (QED) is 0.567. The summed E-state index contributed by atoms with van der Waals surface area (Å²) in [4.78, 5) is 28.8. The highest BCUT2D eigenvalue weighted by Gasteiger charge is 2.33. The van der Waals surface area contributed by atoms with Crippen LogP contribution in [0.3, 0.4) is 0 Å². The monoisotopic (exact) mass is 535 g/mol. The number of halogens is 1. The predicted molar refractivity (Wildman–Crippen MR) is 139 cm³/mol. The van der Waals surface area contributed by atoms with Crippen molar-refractivity contribution in [1.82, 2.24) is 14.1 Å². The van der Waals surface area contributed by atoms with E-state index in [2.05, 4.69) is 0 Å². The van der Waals surface area contributed by atoms with Crippen molar-refractivity contribution in [2.75, 3.05) is 39.3 Å². The van der Waals surface area contributed by atoms with Crippen LogP contribution in [0.1, 0.15) is 40.0 Å². The Morgan fingerprint density at radius 1 is 1.03 bits per heavy atom.